The molecule has 0 saturated heterocycles. The van der Waals surface area contributed by atoms with Crippen molar-refractivity contribution in [1.82, 2.24) is 14.1 Å². The van der Waals surface area contributed by atoms with Crippen LogP contribution in [0.15, 0.2) is 279 Å². The molecule has 14 rings (SSSR count). The zero-order chi connectivity index (χ0) is 47.6. The molecule has 3 heterocycles. The lowest BCUT2D eigenvalue weighted by molar-refractivity contribution is 0.768. The van der Waals surface area contributed by atoms with Crippen LogP contribution < -0.4 is 4.90 Å². The average Bonchev–Trinajstić information content (AvgIpc) is 4.14. The van der Waals surface area contributed by atoms with Crippen LogP contribution in [0, 0.1) is 0 Å². The Morgan fingerprint density at radius 3 is 1.53 bits per heavy atom. The maximum absolute atomic E-state index is 4.28. The number of para-hydroxylation sites is 2. The van der Waals surface area contributed by atoms with Crippen molar-refractivity contribution in [3.8, 4) is 44.8 Å². The highest BCUT2D eigenvalue weighted by Crippen LogP contribution is 2.57. The van der Waals surface area contributed by atoms with Crippen LogP contribution in [0.3, 0.4) is 0 Å². The van der Waals surface area contributed by atoms with Crippen LogP contribution in [0.2, 0.25) is 0 Å². The van der Waals surface area contributed by atoms with Gasteiger partial charge in [0.15, 0.2) is 0 Å². The first-order valence-corrected chi connectivity index (χ1v) is 24.7. The largest absolute Gasteiger partial charge is 0.317 e. The molecule has 0 bridgehead atoms. The minimum Gasteiger partial charge on any atom is -0.317 e. The summed E-state index contributed by atoms with van der Waals surface area (Å²) in [5.74, 6) is 0. The van der Waals surface area contributed by atoms with Crippen molar-refractivity contribution in [2.24, 2.45) is 0 Å². The smallest absolute Gasteiger partial charge is 0.0714 e. The van der Waals surface area contributed by atoms with Gasteiger partial charge in [-0.05, 0) is 159 Å². The van der Waals surface area contributed by atoms with Gasteiger partial charge < -0.3 is 14.0 Å². The van der Waals surface area contributed by atoms with Crippen LogP contribution in [0.1, 0.15) is 22.3 Å². The number of nitrogens with zero attached hydrogens (tertiary/aromatic N) is 4. The molecule has 338 valence electrons. The molecule has 72 heavy (non-hydrogen) atoms. The van der Waals surface area contributed by atoms with Gasteiger partial charge in [0.2, 0.25) is 0 Å². The Morgan fingerprint density at radius 2 is 0.861 bits per heavy atom. The van der Waals surface area contributed by atoms with Crippen LogP contribution in [-0.4, -0.2) is 14.1 Å². The summed E-state index contributed by atoms with van der Waals surface area (Å²) in [6, 6.07) is 95.5. The lowest BCUT2D eigenvalue weighted by Crippen LogP contribution is -2.28. The third-order valence-corrected chi connectivity index (χ3v) is 14.9. The maximum Gasteiger partial charge on any atom is 0.0714 e. The quantitative estimate of drug-likeness (QED) is 0.144. The van der Waals surface area contributed by atoms with Crippen LogP contribution in [0.25, 0.3) is 77.5 Å². The van der Waals surface area contributed by atoms with Crippen molar-refractivity contribution in [3.63, 3.8) is 0 Å². The van der Waals surface area contributed by atoms with Gasteiger partial charge in [-0.15, -0.1) is 0 Å². The van der Waals surface area contributed by atoms with E-state index < -0.39 is 5.41 Å². The Labute approximate surface area is 418 Å². The highest BCUT2D eigenvalue weighted by atomic mass is 15.1. The van der Waals surface area contributed by atoms with Gasteiger partial charge in [-0.3, -0.25) is 4.98 Å². The molecule has 1 aliphatic rings. The first-order chi connectivity index (χ1) is 35.7. The Balaban J connectivity index is 0.930. The van der Waals surface area contributed by atoms with Crippen molar-refractivity contribution in [2.75, 3.05) is 4.90 Å². The molecule has 3 aromatic heterocycles. The van der Waals surface area contributed by atoms with Crippen molar-refractivity contribution in [3.05, 3.63) is 302 Å². The highest BCUT2D eigenvalue weighted by molar-refractivity contribution is 6.21. The number of hydrogen-bond acceptors (Lipinski definition) is 2. The molecule has 0 spiro atoms. The monoisotopic (exact) mass is 918 g/mol. The van der Waals surface area contributed by atoms with Crippen molar-refractivity contribution in [2.45, 2.75) is 5.41 Å². The van der Waals surface area contributed by atoms with Crippen molar-refractivity contribution < 1.29 is 0 Å². The van der Waals surface area contributed by atoms with E-state index >= 15 is 0 Å². The maximum atomic E-state index is 4.28. The van der Waals surface area contributed by atoms with Gasteiger partial charge in [-0.1, -0.05) is 158 Å². The fraction of sp³-hybridized carbons (Fsp3) is 0.0147. The Bertz CT molecular complexity index is 4070. The molecule has 13 aromatic rings. The predicted molar refractivity (Wildman–Crippen MR) is 298 cm³/mol. The number of hydrogen-bond donors (Lipinski definition) is 0. The standard InChI is InChI=1S/C68H46N4/c1-5-15-51(16-6-1)68(52-17-7-2-8-18-52)62-24-14-13-23-58(62)59-35-34-57(46-63(59)68)71(55-30-25-47(26-31-55)49-39-42-69-43-40-49)56-32-27-48(28-33-56)50-29-36-65-61(45-50)67-60-41-44-70(53-19-9-3-10-20-53)64(60)37-38-66(67)72(65)54-21-11-4-12-22-54/h1-46H. The molecule has 0 fully saturated rings. The van der Waals surface area contributed by atoms with Gasteiger partial charge in [0, 0.05) is 63.2 Å². The lowest BCUT2D eigenvalue weighted by Gasteiger charge is -2.35. The SMILES string of the molecule is c1ccc(-n2ccc3c4c5cc(-c6ccc(N(c7ccc(-c8ccncc8)cc7)c7ccc8c(c7)C(c7ccccc7)(c7ccccc7)c7ccccc7-8)cc6)ccc5n(-c5ccccc5)c4ccc32)cc1. The molecule has 0 N–H and O–H groups in total. The van der Waals surface area contributed by atoms with Gasteiger partial charge in [0.05, 0.1) is 22.0 Å². The average molecular weight is 919 g/mol. The number of aromatic nitrogens is 3. The normalized spacial score (nSPS) is 12.6. The molecular weight excluding hydrogens is 873 g/mol. The lowest BCUT2D eigenvalue weighted by atomic mass is 9.67. The van der Waals surface area contributed by atoms with E-state index in [1.54, 1.807) is 0 Å². The molecule has 4 heteroatoms. The molecule has 0 aliphatic heterocycles. The van der Waals surface area contributed by atoms with Crippen LogP contribution in [-0.2, 0) is 5.41 Å². The highest BCUT2D eigenvalue weighted by Gasteiger charge is 2.46. The minimum absolute atomic E-state index is 0.525. The summed E-state index contributed by atoms with van der Waals surface area (Å²) in [5.41, 5.74) is 20.7. The molecule has 0 atom stereocenters. The van der Waals surface area contributed by atoms with Crippen molar-refractivity contribution >= 4 is 49.8 Å². The number of fused-ring (bicyclic) bond motifs is 8. The molecule has 0 saturated carbocycles. The summed E-state index contributed by atoms with van der Waals surface area (Å²) < 4.78 is 4.71. The second kappa shape index (κ2) is 16.9. The van der Waals surface area contributed by atoms with Gasteiger partial charge >= 0.3 is 0 Å². The summed E-state index contributed by atoms with van der Waals surface area (Å²) in [6.45, 7) is 0. The van der Waals surface area contributed by atoms with E-state index in [9.17, 15) is 0 Å². The second-order valence-electron chi connectivity index (χ2n) is 18.7. The fourth-order valence-electron chi connectivity index (χ4n) is 11.8. The summed E-state index contributed by atoms with van der Waals surface area (Å²) in [7, 11) is 0. The fourth-order valence-corrected chi connectivity index (χ4v) is 11.8. The van der Waals surface area contributed by atoms with E-state index in [4.69, 9.17) is 0 Å². The number of pyridine rings is 1. The summed E-state index contributed by atoms with van der Waals surface area (Å²) in [4.78, 5) is 6.69. The third-order valence-electron chi connectivity index (χ3n) is 14.9. The van der Waals surface area contributed by atoms with Crippen LogP contribution in [0.5, 0.6) is 0 Å². The first-order valence-electron chi connectivity index (χ1n) is 24.7. The van der Waals surface area contributed by atoms with E-state index in [2.05, 4.69) is 286 Å². The second-order valence-corrected chi connectivity index (χ2v) is 18.7. The molecule has 4 nitrogen and oxygen atoms in total. The Hall–Kier alpha value is -9.51. The Kier molecular flexibility index (Phi) is 9.71. The molecule has 10 aromatic carbocycles. The summed E-state index contributed by atoms with van der Waals surface area (Å²) >= 11 is 0. The minimum atomic E-state index is -0.525. The van der Waals surface area contributed by atoms with Gasteiger partial charge in [0.25, 0.3) is 0 Å². The van der Waals surface area contributed by atoms with Crippen LogP contribution in [0.4, 0.5) is 17.1 Å². The van der Waals surface area contributed by atoms with E-state index in [0.29, 0.717) is 0 Å². The molecular formula is C68H46N4. The first kappa shape index (κ1) is 41.5. The predicted octanol–water partition coefficient (Wildman–Crippen LogP) is 17.3. The number of rotatable bonds is 9. The van der Waals surface area contributed by atoms with E-state index in [1.807, 2.05) is 12.4 Å². The van der Waals surface area contributed by atoms with E-state index in [1.165, 1.54) is 71.7 Å². The zero-order valence-electron chi connectivity index (χ0n) is 39.3. The summed E-state index contributed by atoms with van der Waals surface area (Å²) in [5, 5.41) is 3.71. The molecule has 0 amide bonds. The number of anilines is 3. The topological polar surface area (TPSA) is 26.0 Å². The molecule has 0 unspecified atom stereocenters. The third kappa shape index (κ3) is 6.50. The van der Waals surface area contributed by atoms with Gasteiger partial charge in [-0.25, -0.2) is 0 Å². The van der Waals surface area contributed by atoms with Crippen molar-refractivity contribution in [1.29, 1.82) is 0 Å². The van der Waals surface area contributed by atoms with E-state index in [0.717, 1.165) is 45.1 Å². The number of benzene rings is 10. The van der Waals surface area contributed by atoms with E-state index in [-0.39, 0.29) is 0 Å². The summed E-state index contributed by atoms with van der Waals surface area (Å²) in [6.07, 6.45) is 5.91. The molecule has 1 aliphatic carbocycles. The van der Waals surface area contributed by atoms with Crippen LogP contribution >= 0.6 is 0 Å². The molecule has 0 radical (unpaired) electrons. The Morgan fingerprint density at radius 1 is 0.347 bits per heavy atom. The van der Waals surface area contributed by atoms with Gasteiger partial charge in [0.1, 0.15) is 0 Å². The van der Waals surface area contributed by atoms with Gasteiger partial charge in [-0.2, -0.15) is 0 Å². The zero-order valence-corrected chi connectivity index (χ0v) is 39.3.